The van der Waals surface area contributed by atoms with Crippen LogP contribution in [0.2, 0.25) is 0 Å². The fourth-order valence-electron chi connectivity index (χ4n) is 2.99. The molecule has 3 heteroatoms. The van der Waals surface area contributed by atoms with E-state index in [1.807, 2.05) is 0 Å². The van der Waals surface area contributed by atoms with Gasteiger partial charge in [0.2, 0.25) is 0 Å². The molecule has 0 amide bonds. The average molecular weight is 243 g/mol. The molecule has 2 atom stereocenters. The standard InChI is InChI=1S/C15H21N3/c1-11-8-16-9-15(18(11)3)13-10-17(2)14-7-5-4-6-12(13)14/h4-7,10-11,15-16H,8-9H2,1-3H3/t11-,15?/m0/s1. The maximum atomic E-state index is 3.54. The van der Waals surface area contributed by atoms with Crippen LogP contribution in [0.15, 0.2) is 30.5 Å². The molecule has 1 aliphatic rings. The highest BCUT2D eigenvalue weighted by Crippen LogP contribution is 2.30. The van der Waals surface area contributed by atoms with Gasteiger partial charge in [0.15, 0.2) is 0 Å². The SMILES string of the molecule is C[C@H]1CNCC(c2cn(C)c3ccccc23)N1C. The summed E-state index contributed by atoms with van der Waals surface area (Å²) in [6.07, 6.45) is 2.28. The number of nitrogens with one attached hydrogen (secondary N) is 1. The lowest BCUT2D eigenvalue weighted by Crippen LogP contribution is -2.49. The number of para-hydroxylation sites is 1. The fourth-order valence-corrected chi connectivity index (χ4v) is 2.99. The summed E-state index contributed by atoms with van der Waals surface area (Å²) < 4.78 is 2.23. The van der Waals surface area contributed by atoms with E-state index >= 15 is 0 Å². The Morgan fingerprint density at radius 2 is 1.94 bits per heavy atom. The normalized spacial score (nSPS) is 25.7. The van der Waals surface area contributed by atoms with Gasteiger partial charge in [0.25, 0.3) is 0 Å². The number of nitrogens with zero attached hydrogens (tertiary/aromatic N) is 2. The first-order valence-electron chi connectivity index (χ1n) is 6.65. The molecule has 18 heavy (non-hydrogen) atoms. The molecule has 1 unspecified atom stereocenters. The minimum atomic E-state index is 0.472. The molecule has 0 aliphatic carbocycles. The van der Waals surface area contributed by atoms with Gasteiger partial charge in [-0.25, -0.2) is 0 Å². The van der Waals surface area contributed by atoms with Gasteiger partial charge in [-0.2, -0.15) is 0 Å². The molecule has 3 rings (SSSR count). The van der Waals surface area contributed by atoms with Crippen LogP contribution in [0.1, 0.15) is 18.5 Å². The fraction of sp³-hybridized carbons (Fsp3) is 0.467. The number of hydrogen-bond acceptors (Lipinski definition) is 2. The van der Waals surface area contributed by atoms with Crippen molar-refractivity contribution in [3.05, 3.63) is 36.0 Å². The Bertz CT molecular complexity index is 558. The molecule has 2 aromatic rings. The van der Waals surface area contributed by atoms with Crippen molar-refractivity contribution in [3.63, 3.8) is 0 Å². The summed E-state index contributed by atoms with van der Waals surface area (Å²) in [7, 11) is 4.36. The lowest BCUT2D eigenvalue weighted by atomic mass is 10.0. The quantitative estimate of drug-likeness (QED) is 0.828. The molecule has 1 aliphatic heterocycles. The first-order valence-corrected chi connectivity index (χ1v) is 6.65. The number of rotatable bonds is 1. The molecule has 1 N–H and O–H groups in total. The van der Waals surface area contributed by atoms with E-state index in [2.05, 4.69) is 66.3 Å². The summed E-state index contributed by atoms with van der Waals surface area (Å²) in [6, 6.07) is 9.72. The monoisotopic (exact) mass is 243 g/mol. The predicted octanol–water partition coefficient (Wildman–Crippen LogP) is 2.14. The molecular formula is C15H21N3. The van der Waals surface area contributed by atoms with E-state index in [1.54, 1.807) is 0 Å². The molecule has 3 nitrogen and oxygen atoms in total. The summed E-state index contributed by atoms with van der Waals surface area (Å²) in [5.41, 5.74) is 2.76. The van der Waals surface area contributed by atoms with Crippen LogP contribution in [0.25, 0.3) is 10.9 Å². The van der Waals surface area contributed by atoms with Gasteiger partial charge < -0.3 is 9.88 Å². The first kappa shape index (κ1) is 11.8. The van der Waals surface area contributed by atoms with Crippen molar-refractivity contribution in [2.45, 2.75) is 19.0 Å². The van der Waals surface area contributed by atoms with Crippen LogP contribution in [0.4, 0.5) is 0 Å². The van der Waals surface area contributed by atoms with E-state index < -0.39 is 0 Å². The minimum Gasteiger partial charge on any atom is -0.350 e. The molecule has 1 fully saturated rings. The Morgan fingerprint density at radius 3 is 2.78 bits per heavy atom. The van der Waals surface area contributed by atoms with Crippen molar-refractivity contribution in [2.75, 3.05) is 20.1 Å². The van der Waals surface area contributed by atoms with Gasteiger partial charge in [-0.15, -0.1) is 0 Å². The van der Waals surface area contributed by atoms with Crippen LogP contribution in [0, 0.1) is 0 Å². The lowest BCUT2D eigenvalue weighted by molar-refractivity contribution is 0.142. The van der Waals surface area contributed by atoms with Crippen LogP contribution in [0.5, 0.6) is 0 Å². The smallest absolute Gasteiger partial charge is 0.0494 e. The molecule has 0 spiro atoms. The molecule has 1 aromatic heterocycles. The van der Waals surface area contributed by atoms with E-state index in [0.717, 1.165) is 13.1 Å². The predicted molar refractivity (Wildman–Crippen MR) is 75.8 cm³/mol. The maximum Gasteiger partial charge on any atom is 0.0494 e. The lowest BCUT2D eigenvalue weighted by Gasteiger charge is -2.38. The number of likely N-dealkylation sites (N-methyl/N-ethyl adjacent to an activating group) is 1. The number of fused-ring (bicyclic) bond motifs is 1. The molecule has 0 bridgehead atoms. The third kappa shape index (κ3) is 1.74. The topological polar surface area (TPSA) is 20.2 Å². The highest BCUT2D eigenvalue weighted by molar-refractivity contribution is 5.84. The number of hydrogen-bond donors (Lipinski definition) is 1. The molecular weight excluding hydrogens is 222 g/mol. The van der Waals surface area contributed by atoms with Crippen LogP contribution in [0.3, 0.4) is 0 Å². The van der Waals surface area contributed by atoms with E-state index in [1.165, 1.54) is 16.5 Å². The van der Waals surface area contributed by atoms with Crippen LogP contribution in [-0.2, 0) is 7.05 Å². The van der Waals surface area contributed by atoms with Gasteiger partial charge >= 0.3 is 0 Å². The number of benzene rings is 1. The number of aromatic nitrogens is 1. The van der Waals surface area contributed by atoms with Gasteiger partial charge in [-0.1, -0.05) is 18.2 Å². The van der Waals surface area contributed by atoms with Gasteiger partial charge in [0, 0.05) is 49.3 Å². The Balaban J connectivity index is 2.08. The Kier molecular flexibility index (Phi) is 2.88. The average Bonchev–Trinajstić information content (AvgIpc) is 2.71. The van der Waals surface area contributed by atoms with Gasteiger partial charge in [0.05, 0.1) is 0 Å². The Hall–Kier alpha value is -1.32. The summed E-state index contributed by atoms with van der Waals surface area (Å²) in [5, 5.41) is 4.92. The first-order chi connectivity index (χ1) is 8.68. The summed E-state index contributed by atoms with van der Waals surface area (Å²) >= 11 is 0. The van der Waals surface area contributed by atoms with Crippen molar-refractivity contribution in [3.8, 4) is 0 Å². The maximum absolute atomic E-state index is 3.54. The van der Waals surface area contributed by atoms with Gasteiger partial charge in [0.1, 0.15) is 0 Å². The number of aryl methyl sites for hydroxylation is 1. The van der Waals surface area contributed by atoms with Crippen molar-refractivity contribution in [2.24, 2.45) is 7.05 Å². The molecule has 1 aromatic carbocycles. The summed E-state index contributed by atoms with van der Waals surface area (Å²) in [4.78, 5) is 2.48. The molecule has 1 saturated heterocycles. The Morgan fingerprint density at radius 1 is 1.17 bits per heavy atom. The summed E-state index contributed by atoms with van der Waals surface area (Å²) in [6.45, 7) is 4.40. The second-order valence-corrected chi connectivity index (χ2v) is 5.40. The molecule has 0 saturated carbocycles. The van der Waals surface area contributed by atoms with E-state index in [4.69, 9.17) is 0 Å². The zero-order valence-corrected chi connectivity index (χ0v) is 11.4. The summed E-state index contributed by atoms with van der Waals surface area (Å²) in [5.74, 6) is 0. The van der Waals surface area contributed by atoms with Gasteiger partial charge in [-0.3, -0.25) is 4.90 Å². The van der Waals surface area contributed by atoms with Crippen molar-refractivity contribution < 1.29 is 0 Å². The third-order valence-corrected chi connectivity index (χ3v) is 4.25. The Labute approximate surface area is 108 Å². The molecule has 96 valence electrons. The highest BCUT2D eigenvalue weighted by atomic mass is 15.2. The second kappa shape index (κ2) is 4.41. The van der Waals surface area contributed by atoms with Crippen LogP contribution in [-0.4, -0.2) is 35.6 Å². The molecule has 2 heterocycles. The van der Waals surface area contributed by atoms with E-state index in [9.17, 15) is 0 Å². The molecule has 0 radical (unpaired) electrons. The zero-order valence-electron chi connectivity index (χ0n) is 11.4. The number of piperazine rings is 1. The van der Waals surface area contributed by atoms with Crippen LogP contribution >= 0.6 is 0 Å². The van der Waals surface area contributed by atoms with Crippen molar-refractivity contribution in [1.82, 2.24) is 14.8 Å². The van der Waals surface area contributed by atoms with E-state index in [-0.39, 0.29) is 0 Å². The largest absolute Gasteiger partial charge is 0.350 e. The van der Waals surface area contributed by atoms with E-state index in [0.29, 0.717) is 12.1 Å². The van der Waals surface area contributed by atoms with Crippen molar-refractivity contribution >= 4 is 10.9 Å². The van der Waals surface area contributed by atoms with Gasteiger partial charge in [-0.05, 0) is 25.6 Å². The third-order valence-electron chi connectivity index (χ3n) is 4.25. The second-order valence-electron chi connectivity index (χ2n) is 5.40. The van der Waals surface area contributed by atoms with Crippen molar-refractivity contribution in [1.29, 1.82) is 0 Å². The highest BCUT2D eigenvalue weighted by Gasteiger charge is 2.27. The minimum absolute atomic E-state index is 0.472. The van der Waals surface area contributed by atoms with Crippen LogP contribution < -0.4 is 5.32 Å². The zero-order chi connectivity index (χ0) is 12.7.